The molecule has 0 bridgehead atoms. The van der Waals surface area contributed by atoms with E-state index in [0.29, 0.717) is 21.7 Å². The van der Waals surface area contributed by atoms with E-state index in [1.807, 2.05) is 0 Å². The molecule has 1 atom stereocenters. The first-order valence-corrected chi connectivity index (χ1v) is 17.0. The first kappa shape index (κ1) is 37.3. The first-order valence-electron chi connectivity index (χ1n) is 15.2. The molecule has 1 unspecified atom stereocenters. The normalized spacial score (nSPS) is 12.6. The molecule has 260 valence electrons. The lowest BCUT2D eigenvalue weighted by atomic mass is 10.0. The zero-order chi connectivity index (χ0) is 36.0. The number of methoxy groups -OCH3 is 1. The second-order valence-electron chi connectivity index (χ2n) is 12.3. The Hall–Kier alpha value is -4.55. The minimum atomic E-state index is -4.91. The lowest BCUT2D eigenvalue weighted by molar-refractivity contribution is -0.140. The Balaban J connectivity index is 1.88. The highest BCUT2D eigenvalue weighted by Crippen LogP contribution is 2.38. The van der Waals surface area contributed by atoms with E-state index in [0.717, 1.165) is 17.7 Å². The summed E-state index contributed by atoms with van der Waals surface area (Å²) in [6.45, 7) is 4.26. The quantitative estimate of drug-likeness (QED) is 0.169. The van der Waals surface area contributed by atoms with Crippen molar-refractivity contribution in [3.05, 3.63) is 125 Å². The summed E-state index contributed by atoms with van der Waals surface area (Å²) in [5.41, 5.74) is -1.11. The van der Waals surface area contributed by atoms with Gasteiger partial charge >= 0.3 is 6.18 Å². The van der Waals surface area contributed by atoms with Crippen LogP contribution >= 0.6 is 11.6 Å². The molecular formula is C36H37ClF3N3O5S. The molecule has 1 N–H and O–H groups in total. The fraction of sp³-hybridized carbons (Fsp3) is 0.278. The maximum absolute atomic E-state index is 14.6. The molecule has 0 aliphatic rings. The van der Waals surface area contributed by atoms with Crippen molar-refractivity contribution in [1.29, 1.82) is 0 Å². The van der Waals surface area contributed by atoms with Gasteiger partial charge in [-0.25, -0.2) is 8.42 Å². The van der Waals surface area contributed by atoms with Crippen LogP contribution in [-0.4, -0.2) is 50.4 Å². The topological polar surface area (TPSA) is 96.0 Å². The number of benzene rings is 4. The number of sulfonamides is 1. The van der Waals surface area contributed by atoms with Gasteiger partial charge in [0.25, 0.3) is 10.0 Å². The van der Waals surface area contributed by atoms with Gasteiger partial charge in [-0.05, 0) is 74.4 Å². The summed E-state index contributed by atoms with van der Waals surface area (Å²) in [4.78, 5) is 29.6. The molecule has 0 aliphatic carbocycles. The summed E-state index contributed by atoms with van der Waals surface area (Å²) in [7, 11) is -3.14. The number of nitrogens with zero attached hydrogens (tertiary/aromatic N) is 2. The molecule has 0 spiro atoms. The van der Waals surface area contributed by atoms with Gasteiger partial charge in [0.05, 0.1) is 28.3 Å². The molecule has 0 saturated carbocycles. The average molecular weight is 716 g/mol. The van der Waals surface area contributed by atoms with E-state index in [4.69, 9.17) is 16.3 Å². The summed E-state index contributed by atoms with van der Waals surface area (Å²) in [5, 5.41) is 2.29. The van der Waals surface area contributed by atoms with Gasteiger partial charge in [-0.1, -0.05) is 72.3 Å². The van der Waals surface area contributed by atoms with Crippen molar-refractivity contribution < 1.29 is 35.9 Å². The van der Waals surface area contributed by atoms with Crippen LogP contribution in [0.1, 0.15) is 37.5 Å². The van der Waals surface area contributed by atoms with E-state index in [9.17, 15) is 31.2 Å². The number of rotatable bonds is 12. The van der Waals surface area contributed by atoms with Crippen LogP contribution in [0, 0.1) is 0 Å². The van der Waals surface area contributed by atoms with Gasteiger partial charge in [0, 0.05) is 18.5 Å². The number of hydrogen-bond donors (Lipinski definition) is 1. The van der Waals surface area contributed by atoms with Crippen molar-refractivity contribution >= 4 is 39.1 Å². The SMILES string of the molecule is COc1cccc(CN(C(=O)CN(c2ccc(Cl)c(C(F)(F)F)c2)S(=O)(=O)c2ccccc2)C(Cc2ccccc2)C(=O)NC(C)(C)C)c1. The Morgan fingerprint density at radius 1 is 0.857 bits per heavy atom. The number of amides is 2. The Labute approximate surface area is 289 Å². The number of halogens is 4. The first-order chi connectivity index (χ1) is 23.0. The second-order valence-corrected chi connectivity index (χ2v) is 14.6. The monoisotopic (exact) mass is 715 g/mol. The Morgan fingerprint density at radius 2 is 1.47 bits per heavy atom. The summed E-state index contributed by atoms with van der Waals surface area (Å²) < 4.78 is 76.1. The number of carbonyl (C=O) groups excluding carboxylic acids is 2. The van der Waals surface area contributed by atoms with Crippen molar-refractivity contribution in [3.63, 3.8) is 0 Å². The fourth-order valence-corrected chi connectivity index (χ4v) is 6.76. The second kappa shape index (κ2) is 15.3. The van der Waals surface area contributed by atoms with Crippen LogP contribution in [0.3, 0.4) is 0 Å². The Bertz CT molecular complexity index is 1870. The largest absolute Gasteiger partial charge is 0.497 e. The predicted molar refractivity (Wildman–Crippen MR) is 183 cm³/mol. The highest BCUT2D eigenvalue weighted by Gasteiger charge is 2.38. The zero-order valence-corrected chi connectivity index (χ0v) is 28.9. The summed E-state index contributed by atoms with van der Waals surface area (Å²) >= 11 is 5.88. The maximum Gasteiger partial charge on any atom is 0.417 e. The lowest BCUT2D eigenvalue weighted by Crippen LogP contribution is -2.56. The number of ether oxygens (including phenoxy) is 1. The predicted octanol–water partition coefficient (Wildman–Crippen LogP) is 7.12. The molecule has 0 heterocycles. The van der Waals surface area contributed by atoms with Crippen LogP contribution in [0.15, 0.2) is 108 Å². The molecule has 4 rings (SSSR count). The minimum absolute atomic E-state index is 0.0586. The number of alkyl halides is 3. The van der Waals surface area contributed by atoms with E-state index < -0.39 is 62.4 Å². The highest BCUT2D eigenvalue weighted by molar-refractivity contribution is 7.92. The number of carbonyl (C=O) groups is 2. The van der Waals surface area contributed by atoms with Crippen LogP contribution < -0.4 is 14.4 Å². The van der Waals surface area contributed by atoms with Crippen molar-refractivity contribution in [1.82, 2.24) is 10.2 Å². The molecule has 4 aromatic rings. The van der Waals surface area contributed by atoms with Crippen molar-refractivity contribution in [2.24, 2.45) is 0 Å². The van der Waals surface area contributed by atoms with E-state index >= 15 is 0 Å². The van der Waals surface area contributed by atoms with Crippen LogP contribution in [-0.2, 0) is 38.8 Å². The molecule has 0 radical (unpaired) electrons. The number of anilines is 1. The fourth-order valence-electron chi connectivity index (χ4n) is 5.11. The Morgan fingerprint density at radius 3 is 2.06 bits per heavy atom. The van der Waals surface area contributed by atoms with E-state index in [1.165, 1.54) is 36.3 Å². The lowest BCUT2D eigenvalue weighted by Gasteiger charge is -2.35. The molecule has 0 saturated heterocycles. The third-order valence-electron chi connectivity index (χ3n) is 7.41. The standard InChI is InChI=1S/C36H37ClF3N3O5S/c1-35(2,3)41-34(45)32(21-25-12-7-5-8-13-25)42(23-26-14-11-15-28(20-26)48-4)33(44)24-43(49(46,47)29-16-9-6-10-17-29)27-18-19-31(37)30(22-27)36(38,39)40/h5-20,22,32H,21,23-24H2,1-4H3,(H,41,45). The van der Waals surface area contributed by atoms with Gasteiger partial charge in [-0.15, -0.1) is 0 Å². The molecule has 0 fully saturated rings. The number of hydrogen-bond acceptors (Lipinski definition) is 5. The molecule has 8 nitrogen and oxygen atoms in total. The van der Waals surface area contributed by atoms with E-state index in [2.05, 4.69) is 5.32 Å². The van der Waals surface area contributed by atoms with Gasteiger partial charge in [0.1, 0.15) is 18.3 Å². The maximum atomic E-state index is 14.6. The van der Waals surface area contributed by atoms with E-state index in [1.54, 1.807) is 81.4 Å². The molecule has 0 aromatic heterocycles. The van der Waals surface area contributed by atoms with Crippen LogP contribution in [0.25, 0.3) is 0 Å². The molecular weight excluding hydrogens is 679 g/mol. The van der Waals surface area contributed by atoms with Crippen LogP contribution in [0.4, 0.5) is 18.9 Å². The summed E-state index contributed by atoms with van der Waals surface area (Å²) in [6, 6.07) is 24.3. The van der Waals surface area contributed by atoms with Gasteiger partial charge in [0.2, 0.25) is 11.8 Å². The third-order valence-corrected chi connectivity index (χ3v) is 9.53. The smallest absolute Gasteiger partial charge is 0.417 e. The zero-order valence-electron chi connectivity index (χ0n) is 27.4. The minimum Gasteiger partial charge on any atom is -0.497 e. The Kier molecular flexibility index (Phi) is 11.7. The van der Waals surface area contributed by atoms with Gasteiger partial charge in [0.15, 0.2) is 0 Å². The van der Waals surface area contributed by atoms with Crippen molar-refractivity contribution in [2.75, 3.05) is 18.0 Å². The van der Waals surface area contributed by atoms with Crippen molar-refractivity contribution in [2.45, 2.75) is 56.4 Å². The van der Waals surface area contributed by atoms with E-state index in [-0.39, 0.29) is 17.9 Å². The highest BCUT2D eigenvalue weighted by atomic mass is 35.5. The average Bonchev–Trinajstić information content (AvgIpc) is 3.05. The van der Waals surface area contributed by atoms with Gasteiger partial charge in [-0.2, -0.15) is 13.2 Å². The van der Waals surface area contributed by atoms with Crippen LogP contribution in [0.2, 0.25) is 5.02 Å². The van der Waals surface area contributed by atoms with Crippen LogP contribution in [0.5, 0.6) is 5.75 Å². The number of nitrogens with one attached hydrogen (secondary N) is 1. The summed E-state index contributed by atoms with van der Waals surface area (Å²) in [5.74, 6) is -0.857. The summed E-state index contributed by atoms with van der Waals surface area (Å²) in [6.07, 6.45) is -4.85. The molecule has 0 aliphatic heterocycles. The molecule has 2 amide bonds. The third kappa shape index (κ3) is 9.76. The van der Waals surface area contributed by atoms with Gasteiger partial charge in [-0.3, -0.25) is 13.9 Å². The molecule has 49 heavy (non-hydrogen) atoms. The molecule has 13 heteroatoms. The van der Waals surface area contributed by atoms with Gasteiger partial charge < -0.3 is 15.0 Å². The van der Waals surface area contributed by atoms with Crippen molar-refractivity contribution in [3.8, 4) is 5.75 Å². The molecule has 4 aromatic carbocycles.